The molecule has 1 aromatic rings. The van der Waals surface area contributed by atoms with Crippen molar-refractivity contribution in [1.82, 2.24) is 5.32 Å². The molecule has 0 saturated carbocycles. The van der Waals surface area contributed by atoms with Gasteiger partial charge in [-0.05, 0) is 12.0 Å². The number of esters is 1. The van der Waals surface area contributed by atoms with Crippen LogP contribution >= 0.6 is 0 Å². The molecule has 0 heterocycles. The minimum atomic E-state index is -0.818. The first-order valence-corrected chi connectivity index (χ1v) is 6.78. The Hall–Kier alpha value is -1.88. The Bertz CT molecular complexity index is 434. The molecule has 1 unspecified atom stereocenters. The second kappa shape index (κ2) is 8.32. The molecular formula is C15H22N2O3. The molecule has 0 fully saturated rings. The predicted molar refractivity (Wildman–Crippen MR) is 76.8 cm³/mol. The number of nitrogens with one attached hydrogen (secondary N) is 1. The van der Waals surface area contributed by atoms with Crippen molar-refractivity contribution in [3.05, 3.63) is 35.9 Å². The van der Waals surface area contributed by atoms with Gasteiger partial charge in [-0.25, -0.2) is 4.79 Å². The first kappa shape index (κ1) is 16.2. The van der Waals surface area contributed by atoms with Crippen LogP contribution in [0.5, 0.6) is 0 Å². The first-order chi connectivity index (χ1) is 9.60. The van der Waals surface area contributed by atoms with Crippen molar-refractivity contribution in [2.45, 2.75) is 38.3 Å². The Morgan fingerprint density at radius 2 is 1.95 bits per heavy atom. The van der Waals surface area contributed by atoms with Crippen LogP contribution in [-0.2, 0) is 14.3 Å². The van der Waals surface area contributed by atoms with Crippen molar-refractivity contribution in [1.29, 1.82) is 0 Å². The van der Waals surface area contributed by atoms with E-state index in [0.29, 0.717) is 12.0 Å². The lowest BCUT2D eigenvalue weighted by molar-refractivity contribution is -0.145. The van der Waals surface area contributed by atoms with Crippen LogP contribution < -0.4 is 11.1 Å². The van der Waals surface area contributed by atoms with E-state index in [0.717, 1.165) is 12.8 Å². The minimum absolute atomic E-state index is 0.335. The fraction of sp³-hybridized carbons (Fsp3) is 0.467. The lowest BCUT2D eigenvalue weighted by Crippen LogP contribution is -2.44. The third-order valence-electron chi connectivity index (χ3n) is 3.06. The molecule has 0 aliphatic heterocycles. The van der Waals surface area contributed by atoms with Gasteiger partial charge >= 0.3 is 5.97 Å². The maximum Gasteiger partial charge on any atom is 0.333 e. The standard InChI is InChI=1S/C15H22N2O3/c1-3-4-10-12(16)14(18)17-13(15(19)20-2)11-8-6-5-7-9-11/h5-9,12-13H,3-4,10,16H2,1-2H3,(H,17,18)/t12-,13?/m0/s1. The first-order valence-electron chi connectivity index (χ1n) is 6.78. The molecule has 0 radical (unpaired) electrons. The van der Waals surface area contributed by atoms with Gasteiger partial charge in [0, 0.05) is 0 Å². The molecule has 0 aliphatic carbocycles. The van der Waals surface area contributed by atoms with E-state index < -0.39 is 18.1 Å². The van der Waals surface area contributed by atoms with Crippen molar-refractivity contribution in [3.8, 4) is 0 Å². The smallest absolute Gasteiger partial charge is 0.333 e. The Morgan fingerprint density at radius 3 is 2.50 bits per heavy atom. The summed E-state index contributed by atoms with van der Waals surface area (Å²) in [7, 11) is 1.29. The number of methoxy groups -OCH3 is 1. The number of amides is 1. The van der Waals surface area contributed by atoms with E-state index in [9.17, 15) is 9.59 Å². The van der Waals surface area contributed by atoms with E-state index in [1.165, 1.54) is 7.11 Å². The second-order valence-electron chi connectivity index (χ2n) is 4.62. The fourth-order valence-electron chi connectivity index (χ4n) is 1.85. The summed E-state index contributed by atoms with van der Waals surface area (Å²) in [6.45, 7) is 2.03. The van der Waals surface area contributed by atoms with Crippen molar-refractivity contribution >= 4 is 11.9 Å². The number of carbonyl (C=O) groups excluding carboxylic acids is 2. The molecule has 0 bridgehead atoms. The van der Waals surface area contributed by atoms with Gasteiger partial charge < -0.3 is 15.8 Å². The zero-order valence-electron chi connectivity index (χ0n) is 12.0. The van der Waals surface area contributed by atoms with Gasteiger partial charge in [0.1, 0.15) is 0 Å². The highest BCUT2D eigenvalue weighted by molar-refractivity contribution is 5.88. The number of benzene rings is 1. The van der Waals surface area contributed by atoms with Gasteiger partial charge in [0.15, 0.2) is 6.04 Å². The van der Waals surface area contributed by atoms with Gasteiger partial charge in [0.25, 0.3) is 0 Å². The number of hydrogen-bond acceptors (Lipinski definition) is 4. The van der Waals surface area contributed by atoms with Crippen molar-refractivity contribution in [3.63, 3.8) is 0 Å². The highest BCUT2D eigenvalue weighted by atomic mass is 16.5. The van der Waals surface area contributed by atoms with Crippen LogP contribution in [0.4, 0.5) is 0 Å². The summed E-state index contributed by atoms with van der Waals surface area (Å²) in [6.07, 6.45) is 2.45. The number of carbonyl (C=O) groups is 2. The molecule has 0 aliphatic rings. The molecular weight excluding hydrogens is 256 g/mol. The lowest BCUT2D eigenvalue weighted by Gasteiger charge is -2.19. The largest absolute Gasteiger partial charge is 0.467 e. The van der Waals surface area contributed by atoms with Crippen molar-refractivity contribution in [2.24, 2.45) is 5.73 Å². The molecule has 5 heteroatoms. The molecule has 1 amide bonds. The molecule has 2 atom stereocenters. The summed E-state index contributed by atoms with van der Waals surface area (Å²) < 4.78 is 4.73. The summed E-state index contributed by atoms with van der Waals surface area (Å²) in [5, 5.41) is 2.65. The van der Waals surface area contributed by atoms with E-state index in [1.54, 1.807) is 24.3 Å². The van der Waals surface area contributed by atoms with E-state index in [4.69, 9.17) is 10.5 Å². The van der Waals surface area contributed by atoms with E-state index in [2.05, 4.69) is 5.32 Å². The van der Waals surface area contributed by atoms with Crippen molar-refractivity contribution in [2.75, 3.05) is 7.11 Å². The highest BCUT2D eigenvalue weighted by Crippen LogP contribution is 2.14. The highest BCUT2D eigenvalue weighted by Gasteiger charge is 2.25. The predicted octanol–water partition coefficient (Wildman–Crippen LogP) is 1.53. The Balaban J connectivity index is 2.76. The zero-order chi connectivity index (χ0) is 15.0. The number of ether oxygens (including phenoxy) is 1. The summed E-state index contributed by atoms with van der Waals surface area (Å²) in [5.74, 6) is -0.843. The number of hydrogen-bond donors (Lipinski definition) is 2. The van der Waals surface area contributed by atoms with Crippen LogP contribution in [0.1, 0.15) is 37.8 Å². The van der Waals surface area contributed by atoms with Crippen LogP contribution in [0.3, 0.4) is 0 Å². The normalized spacial score (nSPS) is 13.3. The Morgan fingerprint density at radius 1 is 1.30 bits per heavy atom. The molecule has 0 saturated heterocycles. The summed E-state index contributed by atoms with van der Waals surface area (Å²) in [6, 6.07) is 7.54. The van der Waals surface area contributed by atoms with Crippen LogP contribution in [0.15, 0.2) is 30.3 Å². The van der Waals surface area contributed by atoms with Crippen LogP contribution in [0, 0.1) is 0 Å². The van der Waals surface area contributed by atoms with E-state index in [1.807, 2.05) is 13.0 Å². The van der Waals surface area contributed by atoms with Crippen molar-refractivity contribution < 1.29 is 14.3 Å². The molecule has 1 rings (SSSR count). The minimum Gasteiger partial charge on any atom is -0.467 e. The molecule has 20 heavy (non-hydrogen) atoms. The monoisotopic (exact) mass is 278 g/mol. The SMILES string of the molecule is CCCC[C@H](N)C(=O)NC(C(=O)OC)c1ccccc1. The molecule has 1 aromatic carbocycles. The van der Waals surface area contributed by atoms with Gasteiger partial charge in [0.05, 0.1) is 13.2 Å². The zero-order valence-corrected chi connectivity index (χ0v) is 12.0. The van der Waals surface area contributed by atoms with Gasteiger partial charge in [-0.3, -0.25) is 4.79 Å². The van der Waals surface area contributed by atoms with E-state index >= 15 is 0 Å². The van der Waals surface area contributed by atoms with Gasteiger partial charge in [0.2, 0.25) is 5.91 Å². The maximum atomic E-state index is 12.0. The molecule has 110 valence electrons. The summed E-state index contributed by atoms with van der Waals surface area (Å²) in [4.78, 5) is 23.8. The quantitative estimate of drug-likeness (QED) is 0.741. The Kier molecular flexibility index (Phi) is 6.73. The average molecular weight is 278 g/mol. The van der Waals surface area contributed by atoms with Crippen LogP contribution in [-0.4, -0.2) is 25.0 Å². The number of rotatable bonds is 7. The molecule has 0 aromatic heterocycles. The average Bonchev–Trinajstić information content (AvgIpc) is 2.49. The Labute approximate surface area is 119 Å². The third-order valence-corrected chi connectivity index (χ3v) is 3.06. The van der Waals surface area contributed by atoms with Crippen LogP contribution in [0.2, 0.25) is 0 Å². The number of nitrogens with two attached hydrogens (primary N) is 1. The maximum absolute atomic E-state index is 12.0. The van der Waals surface area contributed by atoms with Gasteiger partial charge in [-0.15, -0.1) is 0 Å². The van der Waals surface area contributed by atoms with Crippen LogP contribution in [0.25, 0.3) is 0 Å². The topological polar surface area (TPSA) is 81.4 Å². The lowest BCUT2D eigenvalue weighted by atomic mass is 10.1. The third kappa shape index (κ3) is 4.66. The van der Waals surface area contributed by atoms with Gasteiger partial charge in [-0.1, -0.05) is 50.1 Å². The molecule has 0 spiro atoms. The number of unbranched alkanes of at least 4 members (excludes halogenated alkanes) is 1. The van der Waals surface area contributed by atoms with E-state index in [-0.39, 0.29) is 5.91 Å². The summed E-state index contributed by atoms with van der Waals surface area (Å²) in [5.41, 5.74) is 6.48. The molecule has 3 N–H and O–H groups in total. The fourth-order valence-corrected chi connectivity index (χ4v) is 1.85. The van der Waals surface area contributed by atoms with Gasteiger partial charge in [-0.2, -0.15) is 0 Å². The second-order valence-corrected chi connectivity index (χ2v) is 4.62. The summed E-state index contributed by atoms with van der Waals surface area (Å²) >= 11 is 0. The molecule has 5 nitrogen and oxygen atoms in total.